The second-order valence-electron chi connectivity index (χ2n) is 6.30. The monoisotopic (exact) mass is 386 g/mol. The minimum Gasteiger partial charge on any atom is -0.472 e. The largest absolute Gasteiger partial charge is 0.472 e. The zero-order valence-corrected chi connectivity index (χ0v) is 15.6. The van der Waals surface area contributed by atoms with Gasteiger partial charge < -0.3 is 20.4 Å². The van der Waals surface area contributed by atoms with Gasteiger partial charge in [0.05, 0.1) is 11.8 Å². The number of pyridine rings is 1. The maximum absolute atomic E-state index is 12.0. The number of furan rings is 1. The van der Waals surface area contributed by atoms with Gasteiger partial charge in [0.15, 0.2) is 0 Å². The highest BCUT2D eigenvalue weighted by molar-refractivity contribution is 6.04. The Balaban J connectivity index is 1.41. The number of amides is 1. The van der Waals surface area contributed by atoms with E-state index in [0.717, 1.165) is 11.3 Å². The van der Waals surface area contributed by atoms with Crippen LogP contribution in [-0.2, 0) is 0 Å². The molecule has 3 N–H and O–H groups in total. The molecule has 1 amide bonds. The van der Waals surface area contributed by atoms with Crippen LogP contribution in [0.3, 0.4) is 0 Å². The van der Waals surface area contributed by atoms with Gasteiger partial charge in [-0.05, 0) is 55.0 Å². The second kappa shape index (κ2) is 8.22. The molecule has 0 aliphatic rings. The highest BCUT2D eigenvalue weighted by atomic mass is 16.3. The van der Waals surface area contributed by atoms with Crippen LogP contribution in [0.1, 0.15) is 15.9 Å². The molecule has 4 aromatic rings. The third kappa shape index (κ3) is 4.75. The van der Waals surface area contributed by atoms with Gasteiger partial charge in [0, 0.05) is 23.6 Å². The van der Waals surface area contributed by atoms with Crippen molar-refractivity contribution in [3.05, 3.63) is 84.7 Å². The summed E-state index contributed by atoms with van der Waals surface area (Å²) in [7, 11) is 0. The summed E-state index contributed by atoms with van der Waals surface area (Å²) in [5.74, 6) is 1.75. The molecule has 4 rings (SSSR count). The van der Waals surface area contributed by atoms with E-state index in [-0.39, 0.29) is 5.91 Å². The highest BCUT2D eigenvalue weighted by Gasteiger charge is 2.07. The minimum atomic E-state index is -0.226. The minimum absolute atomic E-state index is 0.226. The predicted molar refractivity (Wildman–Crippen MR) is 111 cm³/mol. The van der Waals surface area contributed by atoms with Crippen molar-refractivity contribution in [2.24, 2.45) is 0 Å². The van der Waals surface area contributed by atoms with Crippen LogP contribution in [0.15, 0.2) is 78.0 Å². The molecule has 0 fully saturated rings. The molecule has 3 heterocycles. The molecule has 0 aliphatic heterocycles. The zero-order chi connectivity index (χ0) is 20.1. The van der Waals surface area contributed by atoms with Crippen LogP contribution in [-0.4, -0.2) is 20.9 Å². The molecular weight excluding hydrogens is 368 g/mol. The van der Waals surface area contributed by atoms with Crippen LogP contribution in [0, 0.1) is 6.92 Å². The highest BCUT2D eigenvalue weighted by Crippen LogP contribution is 2.20. The van der Waals surface area contributed by atoms with E-state index in [4.69, 9.17) is 4.42 Å². The number of carbonyl (C=O) groups excluding carboxylic acids is 1. The van der Waals surface area contributed by atoms with Crippen molar-refractivity contribution in [3.63, 3.8) is 0 Å². The molecule has 3 aromatic heterocycles. The molecular formula is C21H18N6O2. The average Bonchev–Trinajstić information content (AvgIpc) is 3.25. The summed E-state index contributed by atoms with van der Waals surface area (Å²) in [6.07, 6.45) is 6.07. The van der Waals surface area contributed by atoms with E-state index in [1.54, 1.807) is 30.5 Å². The van der Waals surface area contributed by atoms with Gasteiger partial charge in [0.25, 0.3) is 5.91 Å². The summed E-state index contributed by atoms with van der Waals surface area (Å²) < 4.78 is 4.92. The molecule has 8 nitrogen and oxygen atoms in total. The lowest BCUT2D eigenvalue weighted by molar-refractivity contribution is 0.102. The number of nitrogens with one attached hydrogen (secondary N) is 3. The van der Waals surface area contributed by atoms with Gasteiger partial charge in [-0.25, -0.2) is 15.0 Å². The predicted octanol–water partition coefficient (Wildman–Crippen LogP) is 4.51. The van der Waals surface area contributed by atoms with E-state index in [1.807, 2.05) is 31.2 Å². The molecule has 8 heteroatoms. The number of rotatable bonds is 6. The number of nitrogens with zero attached hydrogens (tertiary/aromatic N) is 3. The Hall–Kier alpha value is -4.20. The molecule has 0 unspecified atom stereocenters. The Morgan fingerprint density at radius 1 is 0.862 bits per heavy atom. The molecule has 0 saturated heterocycles. The standard InChI is InChI=1S/C21H18N6O2/c1-14-6-8-22-18(10-14)27-20-11-19(23-13-24-20)25-16-2-4-17(5-3-16)26-21(28)15-7-9-29-12-15/h2-13H,1H3,(H,26,28)(H2,22,23,24,25,27). The van der Waals surface area contributed by atoms with Crippen LogP contribution < -0.4 is 16.0 Å². The van der Waals surface area contributed by atoms with E-state index in [1.165, 1.54) is 18.9 Å². The smallest absolute Gasteiger partial charge is 0.258 e. The number of anilines is 5. The quantitative estimate of drug-likeness (QED) is 0.448. The van der Waals surface area contributed by atoms with Crippen molar-refractivity contribution in [3.8, 4) is 0 Å². The molecule has 0 spiro atoms. The number of hydrogen-bond donors (Lipinski definition) is 3. The lowest BCUT2D eigenvalue weighted by Crippen LogP contribution is -2.10. The normalized spacial score (nSPS) is 10.4. The van der Waals surface area contributed by atoms with Crippen molar-refractivity contribution in [2.45, 2.75) is 6.92 Å². The van der Waals surface area contributed by atoms with Gasteiger partial charge in [-0.1, -0.05) is 0 Å². The molecule has 144 valence electrons. The summed E-state index contributed by atoms with van der Waals surface area (Å²) in [5.41, 5.74) is 3.08. The lowest BCUT2D eigenvalue weighted by Gasteiger charge is -2.09. The van der Waals surface area contributed by atoms with Gasteiger partial charge >= 0.3 is 0 Å². The molecule has 1 aromatic carbocycles. The average molecular weight is 386 g/mol. The number of carbonyl (C=O) groups is 1. The SMILES string of the molecule is Cc1ccnc(Nc2cc(Nc3ccc(NC(=O)c4ccoc4)cc3)ncn2)c1. The number of hydrogen-bond acceptors (Lipinski definition) is 7. The lowest BCUT2D eigenvalue weighted by atomic mass is 10.2. The molecule has 0 aliphatic carbocycles. The summed E-state index contributed by atoms with van der Waals surface area (Å²) >= 11 is 0. The van der Waals surface area contributed by atoms with Gasteiger partial charge in [0.2, 0.25) is 0 Å². The first-order valence-corrected chi connectivity index (χ1v) is 8.88. The third-order valence-corrected chi connectivity index (χ3v) is 4.04. The zero-order valence-electron chi connectivity index (χ0n) is 15.6. The topological polar surface area (TPSA) is 105 Å². The summed E-state index contributed by atoms with van der Waals surface area (Å²) in [6, 6.07) is 14.6. The van der Waals surface area contributed by atoms with E-state index >= 15 is 0 Å². The number of benzene rings is 1. The van der Waals surface area contributed by atoms with Crippen molar-refractivity contribution in [1.82, 2.24) is 15.0 Å². The van der Waals surface area contributed by atoms with Crippen molar-refractivity contribution >= 4 is 34.7 Å². The first-order chi connectivity index (χ1) is 14.2. The molecule has 0 radical (unpaired) electrons. The van der Waals surface area contributed by atoms with Crippen molar-refractivity contribution in [1.29, 1.82) is 0 Å². The summed E-state index contributed by atoms with van der Waals surface area (Å²) in [5, 5.41) is 9.17. The Bertz CT molecular complexity index is 1110. The van der Waals surface area contributed by atoms with E-state index in [0.29, 0.717) is 28.7 Å². The molecule has 29 heavy (non-hydrogen) atoms. The number of aryl methyl sites for hydroxylation is 1. The van der Waals surface area contributed by atoms with Crippen LogP contribution >= 0.6 is 0 Å². The first kappa shape index (κ1) is 18.2. The molecule has 0 saturated carbocycles. The fourth-order valence-electron chi connectivity index (χ4n) is 2.61. The fraction of sp³-hybridized carbons (Fsp3) is 0.0476. The van der Waals surface area contributed by atoms with Gasteiger partial charge in [-0.3, -0.25) is 4.79 Å². The summed E-state index contributed by atoms with van der Waals surface area (Å²) in [6.45, 7) is 2.00. The van der Waals surface area contributed by atoms with Gasteiger partial charge in [0.1, 0.15) is 30.0 Å². The first-order valence-electron chi connectivity index (χ1n) is 8.88. The summed E-state index contributed by atoms with van der Waals surface area (Å²) in [4.78, 5) is 24.8. The Morgan fingerprint density at radius 3 is 2.31 bits per heavy atom. The Morgan fingerprint density at radius 2 is 1.59 bits per heavy atom. The maximum Gasteiger partial charge on any atom is 0.258 e. The van der Waals surface area contributed by atoms with E-state index < -0.39 is 0 Å². The van der Waals surface area contributed by atoms with E-state index in [9.17, 15) is 4.79 Å². The number of aromatic nitrogens is 3. The fourth-order valence-corrected chi connectivity index (χ4v) is 2.61. The van der Waals surface area contributed by atoms with E-state index in [2.05, 4.69) is 30.9 Å². The third-order valence-electron chi connectivity index (χ3n) is 4.04. The Labute approximate surface area is 167 Å². The van der Waals surface area contributed by atoms with Crippen LogP contribution in [0.25, 0.3) is 0 Å². The van der Waals surface area contributed by atoms with Crippen LogP contribution in [0.4, 0.5) is 28.8 Å². The van der Waals surface area contributed by atoms with Crippen LogP contribution in [0.5, 0.6) is 0 Å². The van der Waals surface area contributed by atoms with Crippen LogP contribution in [0.2, 0.25) is 0 Å². The van der Waals surface area contributed by atoms with Crippen molar-refractivity contribution < 1.29 is 9.21 Å². The van der Waals surface area contributed by atoms with Gasteiger partial charge in [-0.15, -0.1) is 0 Å². The Kier molecular flexibility index (Phi) is 5.15. The molecule has 0 atom stereocenters. The molecule has 0 bridgehead atoms. The van der Waals surface area contributed by atoms with Gasteiger partial charge in [-0.2, -0.15) is 0 Å². The second-order valence-corrected chi connectivity index (χ2v) is 6.30. The maximum atomic E-state index is 12.0. The van der Waals surface area contributed by atoms with Crippen molar-refractivity contribution in [2.75, 3.05) is 16.0 Å².